The number of hydrogen-bond donors (Lipinski definition) is 2. The van der Waals surface area contributed by atoms with Crippen LogP contribution in [0.1, 0.15) is 30.0 Å². The summed E-state index contributed by atoms with van der Waals surface area (Å²) < 4.78 is 17.5. The van der Waals surface area contributed by atoms with Gasteiger partial charge in [0.05, 0.1) is 43.4 Å². The largest absolute Gasteiger partial charge is 0.402 e. The molecule has 0 saturated carbocycles. The number of rotatable bonds is 7. The minimum atomic E-state index is -0.559. The van der Waals surface area contributed by atoms with Crippen molar-refractivity contribution < 1.29 is 13.9 Å². The molecule has 4 aromatic rings. The Labute approximate surface area is 260 Å². The van der Waals surface area contributed by atoms with E-state index in [-0.39, 0.29) is 11.6 Å². The van der Waals surface area contributed by atoms with Crippen LogP contribution in [-0.4, -0.2) is 84.6 Å². The Morgan fingerprint density at radius 2 is 1.64 bits per heavy atom. The predicted molar refractivity (Wildman–Crippen MR) is 173 cm³/mol. The molecule has 0 spiro atoms. The Bertz CT molecular complexity index is 1650. The monoisotopic (exact) mass is 612 g/mol. The number of benzene rings is 2. The van der Waals surface area contributed by atoms with Crippen molar-refractivity contribution in [1.29, 1.82) is 0 Å². The lowest BCUT2D eigenvalue weighted by Gasteiger charge is -2.39. The smallest absolute Gasteiger partial charge is 0.317 e. The van der Waals surface area contributed by atoms with Gasteiger partial charge in [0.25, 0.3) is 5.89 Å². The van der Waals surface area contributed by atoms with Crippen LogP contribution in [0, 0.1) is 0 Å². The zero-order valence-corrected chi connectivity index (χ0v) is 25.8. The molecule has 3 aliphatic heterocycles. The quantitative estimate of drug-likeness (QED) is 0.301. The summed E-state index contributed by atoms with van der Waals surface area (Å²) in [6.07, 6.45) is -0.559. The average Bonchev–Trinajstić information content (AvgIpc) is 3.70. The Morgan fingerprint density at radius 3 is 2.41 bits per heavy atom. The summed E-state index contributed by atoms with van der Waals surface area (Å²) in [4.78, 5) is 15.0. The normalized spacial score (nSPS) is 19.6. The topological polar surface area (TPSA) is 113 Å². The van der Waals surface area contributed by atoms with Crippen LogP contribution < -0.4 is 15.5 Å². The van der Waals surface area contributed by atoms with Crippen LogP contribution >= 0.6 is 11.3 Å². The van der Waals surface area contributed by atoms with Gasteiger partial charge in [0.1, 0.15) is 10.0 Å². The first kappa shape index (κ1) is 28.7. The number of anilines is 3. The van der Waals surface area contributed by atoms with Crippen LogP contribution in [0.3, 0.4) is 0 Å². The van der Waals surface area contributed by atoms with Crippen molar-refractivity contribution in [2.45, 2.75) is 25.6 Å². The third kappa shape index (κ3) is 5.61. The van der Waals surface area contributed by atoms with Crippen LogP contribution in [0.15, 0.2) is 76.3 Å². The molecule has 0 bridgehead atoms. The lowest BCUT2D eigenvalue weighted by atomic mass is 10.0. The lowest BCUT2D eigenvalue weighted by Crippen LogP contribution is -2.47. The molecule has 2 aromatic carbocycles. The molecule has 2 aromatic heterocycles. The zero-order valence-electron chi connectivity index (χ0n) is 25.0. The van der Waals surface area contributed by atoms with Gasteiger partial charge in [0.15, 0.2) is 11.9 Å². The van der Waals surface area contributed by atoms with Gasteiger partial charge in [-0.2, -0.15) is 0 Å². The molecule has 12 heteroatoms. The molecule has 1 atom stereocenters. The minimum Gasteiger partial charge on any atom is -0.402 e. The first-order valence-electron chi connectivity index (χ1n) is 14.9. The SMILES string of the molecule is C=C1Nc2ccccc2C(c2ccccc2)=NC1Nc1nnc(-c2nc(C(C)(C)N3CCOCC3)sc2N2CCOCC2)o1. The molecular formula is C32H36N8O3S. The van der Waals surface area contributed by atoms with Crippen LogP contribution in [0.5, 0.6) is 0 Å². The molecule has 1 unspecified atom stereocenters. The van der Waals surface area contributed by atoms with Crippen LogP contribution in [0.25, 0.3) is 11.6 Å². The van der Waals surface area contributed by atoms with Gasteiger partial charge in [-0.25, -0.2) is 4.98 Å². The molecule has 0 radical (unpaired) electrons. The van der Waals surface area contributed by atoms with Crippen molar-refractivity contribution in [2.75, 3.05) is 68.1 Å². The van der Waals surface area contributed by atoms with E-state index >= 15 is 0 Å². The molecule has 2 fully saturated rings. The minimum absolute atomic E-state index is 0.241. The molecule has 5 heterocycles. The average molecular weight is 613 g/mol. The van der Waals surface area contributed by atoms with Crippen molar-refractivity contribution in [3.05, 3.63) is 83.0 Å². The van der Waals surface area contributed by atoms with E-state index in [1.165, 1.54) is 0 Å². The first-order valence-corrected chi connectivity index (χ1v) is 15.7. The predicted octanol–water partition coefficient (Wildman–Crippen LogP) is 4.81. The van der Waals surface area contributed by atoms with E-state index in [9.17, 15) is 0 Å². The molecule has 44 heavy (non-hydrogen) atoms. The van der Waals surface area contributed by atoms with Gasteiger partial charge in [-0.3, -0.25) is 9.89 Å². The van der Waals surface area contributed by atoms with Crippen molar-refractivity contribution >= 4 is 33.8 Å². The van der Waals surface area contributed by atoms with E-state index < -0.39 is 6.17 Å². The number of hydrogen-bond acceptors (Lipinski definition) is 12. The number of benzodiazepines with no additional fused rings is 1. The third-order valence-corrected chi connectivity index (χ3v) is 9.66. The molecular weight excluding hydrogens is 576 g/mol. The lowest BCUT2D eigenvalue weighted by molar-refractivity contribution is -0.0118. The summed E-state index contributed by atoms with van der Waals surface area (Å²) in [7, 11) is 0. The number of aliphatic imine (C=N–C) groups is 1. The van der Waals surface area contributed by atoms with Crippen LogP contribution in [0.2, 0.25) is 0 Å². The van der Waals surface area contributed by atoms with E-state index in [0.717, 1.165) is 71.9 Å². The maximum Gasteiger partial charge on any atom is 0.317 e. The number of nitrogens with one attached hydrogen (secondary N) is 2. The van der Waals surface area contributed by atoms with Crippen molar-refractivity contribution in [1.82, 2.24) is 20.1 Å². The van der Waals surface area contributed by atoms with Gasteiger partial charge in [-0.05, 0) is 19.9 Å². The first-order chi connectivity index (χ1) is 21.5. The Hall–Kier alpha value is -4.10. The van der Waals surface area contributed by atoms with Crippen molar-refractivity contribution in [3.8, 4) is 11.6 Å². The van der Waals surface area contributed by atoms with E-state index in [1.807, 2.05) is 36.4 Å². The van der Waals surface area contributed by atoms with E-state index in [1.54, 1.807) is 11.3 Å². The Kier molecular flexibility index (Phi) is 7.89. The number of thiazole rings is 1. The Morgan fingerprint density at radius 1 is 0.932 bits per heavy atom. The fourth-order valence-electron chi connectivity index (χ4n) is 5.71. The molecule has 2 N–H and O–H groups in total. The van der Waals surface area contributed by atoms with Gasteiger partial charge < -0.3 is 29.4 Å². The van der Waals surface area contributed by atoms with Crippen LogP contribution in [-0.2, 0) is 15.0 Å². The number of para-hydroxylation sites is 1. The van der Waals surface area contributed by atoms with Gasteiger partial charge in [0, 0.05) is 43.0 Å². The highest BCUT2D eigenvalue weighted by Crippen LogP contribution is 2.42. The maximum atomic E-state index is 6.26. The van der Waals surface area contributed by atoms with E-state index in [2.05, 4.69) is 69.3 Å². The maximum absolute atomic E-state index is 6.26. The highest BCUT2D eigenvalue weighted by atomic mass is 32.1. The number of nitrogens with zero attached hydrogens (tertiary/aromatic N) is 6. The highest BCUT2D eigenvalue weighted by molar-refractivity contribution is 7.16. The van der Waals surface area contributed by atoms with Gasteiger partial charge >= 0.3 is 6.01 Å². The summed E-state index contributed by atoms with van der Waals surface area (Å²) in [5.41, 5.74) is 4.84. The van der Waals surface area contributed by atoms with E-state index in [4.69, 9.17) is 23.9 Å². The molecule has 0 aliphatic carbocycles. The molecule has 11 nitrogen and oxygen atoms in total. The highest BCUT2D eigenvalue weighted by Gasteiger charge is 2.36. The third-order valence-electron chi connectivity index (χ3n) is 8.23. The summed E-state index contributed by atoms with van der Waals surface area (Å²) in [6, 6.07) is 18.4. The second-order valence-electron chi connectivity index (χ2n) is 11.4. The number of aromatic nitrogens is 3. The summed E-state index contributed by atoms with van der Waals surface area (Å²) in [6.45, 7) is 14.8. The Balaban J connectivity index is 1.21. The molecule has 0 amide bonds. The fraction of sp³-hybridized carbons (Fsp3) is 0.375. The molecule has 228 valence electrons. The van der Waals surface area contributed by atoms with Gasteiger partial charge in [-0.15, -0.1) is 5.10 Å². The molecule has 3 aliphatic rings. The van der Waals surface area contributed by atoms with Crippen LogP contribution in [0.4, 0.5) is 16.7 Å². The molecule has 7 rings (SSSR count). The summed E-state index contributed by atoms with van der Waals surface area (Å²) >= 11 is 1.68. The summed E-state index contributed by atoms with van der Waals surface area (Å²) in [5.74, 6) is 0.358. The zero-order chi connectivity index (χ0) is 30.1. The van der Waals surface area contributed by atoms with Gasteiger partial charge in [0.2, 0.25) is 0 Å². The summed E-state index contributed by atoms with van der Waals surface area (Å²) in [5, 5.41) is 17.6. The standard InChI is InChI=1S/C32H36N8O3S/c1-21-27(34-25(22-9-5-4-6-10-22)23-11-7-8-12-24(23)33-21)36-31-38-37-28(43-31)26-29(39-13-17-41-18-14-39)44-30(35-26)32(2,3)40-15-19-42-20-16-40/h4-12,27,33H,1,13-20H2,2-3H3,(H,36,38). The van der Waals surface area contributed by atoms with Gasteiger partial charge in [-0.1, -0.05) is 71.5 Å². The number of ether oxygens (including phenoxy) is 2. The number of morpholine rings is 2. The fourth-order valence-corrected chi connectivity index (χ4v) is 6.95. The van der Waals surface area contributed by atoms with Crippen molar-refractivity contribution in [3.63, 3.8) is 0 Å². The van der Waals surface area contributed by atoms with E-state index in [0.29, 0.717) is 30.5 Å². The van der Waals surface area contributed by atoms with Crippen molar-refractivity contribution in [2.24, 2.45) is 4.99 Å². The second-order valence-corrected chi connectivity index (χ2v) is 12.4. The number of fused-ring (bicyclic) bond motifs is 1. The second kappa shape index (κ2) is 12.1. The molecule has 2 saturated heterocycles.